The summed E-state index contributed by atoms with van der Waals surface area (Å²) < 4.78 is 0. The second kappa shape index (κ2) is 3.28. The molecule has 0 fully saturated rings. The van der Waals surface area contributed by atoms with Crippen LogP contribution < -0.4 is 5.32 Å². The van der Waals surface area contributed by atoms with E-state index in [2.05, 4.69) is 28.9 Å². The highest BCUT2D eigenvalue weighted by atomic mass is 32.1. The van der Waals surface area contributed by atoms with Gasteiger partial charge in [0, 0.05) is 23.5 Å². The van der Waals surface area contributed by atoms with Gasteiger partial charge >= 0.3 is 0 Å². The monoisotopic (exact) mass is 203 g/mol. The Morgan fingerprint density at radius 2 is 2.36 bits per heavy atom. The molecule has 3 rings (SSSR count). The Bertz CT molecular complexity index is 412. The topological polar surface area (TPSA) is 12.0 Å². The van der Waals surface area contributed by atoms with E-state index in [9.17, 15) is 0 Å². The highest BCUT2D eigenvalue weighted by Crippen LogP contribution is 2.29. The molecule has 1 aliphatic heterocycles. The number of hydrogen-bond acceptors (Lipinski definition) is 2. The second-order valence-electron chi connectivity index (χ2n) is 3.86. The lowest BCUT2D eigenvalue weighted by molar-refractivity contribution is 0.802. The predicted molar refractivity (Wildman–Crippen MR) is 60.3 cm³/mol. The van der Waals surface area contributed by atoms with Gasteiger partial charge in [-0.2, -0.15) is 0 Å². The molecule has 14 heavy (non-hydrogen) atoms. The van der Waals surface area contributed by atoms with Gasteiger partial charge in [0.1, 0.15) is 0 Å². The van der Waals surface area contributed by atoms with E-state index in [0.29, 0.717) is 0 Å². The highest BCUT2D eigenvalue weighted by Gasteiger charge is 2.15. The third kappa shape index (κ3) is 1.30. The molecule has 2 heteroatoms. The van der Waals surface area contributed by atoms with E-state index in [1.807, 2.05) is 11.3 Å². The molecule has 1 aromatic heterocycles. The molecule has 0 bridgehead atoms. The first-order valence-corrected chi connectivity index (χ1v) is 5.99. The maximum atomic E-state index is 3.53. The SMILES string of the molecule is C1=CC2=C(CC1)Cc1sccc1CN2. The minimum atomic E-state index is 1.00. The van der Waals surface area contributed by atoms with Crippen molar-refractivity contribution in [2.75, 3.05) is 0 Å². The van der Waals surface area contributed by atoms with Crippen LogP contribution in [0.1, 0.15) is 23.3 Å². The van der Waals surface area contributed by atoms with E-state index in [0.717, 1.165) is 6.54 Å². The fraction of sp³-hybridized carbons (Fsp3) is 0.333. The smallest absolute Gasteiger partial charge is 0.0411 e. The van der Waals surface area contributed by atoms with Crippen LogP contribution in [0, 0.1) is 0 Å². The summed E-state index contributed by atoms with van der Waals surface area (Å²) in [5.74, 6) is 0. The molecule has 0 unspecified atom stereocenters. The molecule has 1 aromatic rings. The van der Waals surface area contributed by atoms with Crippen molar-refractivity contribution in [1.82, 2.24) is 5.32 Å². The molecule has 2 heterocycles. The molecule has 0 atom stereocenters. The second-order valence-corrected chi connectivity index (χ2v) is 4.86. The third-order valence-electron chi connectivity index (χ3n) is 2.96. The van der Waals surface area contributed by atoms with E-state index >= 15 is 0 Å². The molecule has 1 N–H and O–H groups in total. The van der Waals surface area contributed by atoms with Crippen LogP contribution in [0.3, 0.4) is 0 Å². The molecule has 0 aromatic carbocycles. The van der Waals surface area contributed by atoms with Crippen molar-refractivity contribution >= 4 is 11.3 Å². The first-order chi connectivity index (χ1) is 6.93. The number of hydrogen-bond donors (Lipinski definition) is 1. The molecule has 1 aliphatic carbocycles. The van der Waals surface area contributed by atoms with Gasteiger partial charge in [-0.05, 0) is 41.5 Å². The van der Waals surface area contributed by atoms with E-state index in [1.54, 1.807) is 10.5 Å². The van der Waals surface area contributed by atoms with Gasteiger partial charge in [-0.25, -0.2) is 0 Å². The minimum absolute atomic E-state index is 1.00. The average molecular weight is 203 g/mol. The highest BCUT2D eigenvalue weighted by molar-refractivity contribution is 7.10. The van der Waals surface area contributed by atoms with Gasteiger partial charge in [-0.1, -0.05) is 6.08 Å². The molecule has 72 valence electrons. The average Bonchev–Trinajstić information content (AvgIpc) is 2.58. The first kappa shape index (κ1) is 8.30. The van der Waals surface area contributed by atoms with E-state index < -0.39 is 0 Å². The Hall–Kier alpha value is -1.02. The van der Waals surface area contributed by atoms with Crippen molar-refractivity contribution in [3.8, 4) is 0 Å². The summed E-state index contributed by atoms with van der Waals surface area (Å²) in [6.07, 6.45) is 8.12. The molecule has 2 aliphatic rings. The summed E-state index contributed by atoms with van der Waals surface area (Å²) in [5, 5.41) is 5.73. The van der Waals surface area contributed by atoms with Gasteiger partial charge in [-0.3, -0.25) is 0 Å². The fourth-order valence-electron chi connectivity index (χ4n) is 2.14. The molecule has 0 amide bonds. The summed E-state index contributed by atoms with van der Waals surface area (Å²) in [4.78, 5) is 1.55. The quantitative estimate of drug-likeness (QED) is 0.683. The van der Waals surface area contributed by atoms with Gasteiger partial charge in [0.05, 0.1) is 0 Å². The fourth-order valence-corrected chi connectivity index (χ4v) is 3.09. The molecular weight excluding hydrogens is 190 g/mol. The minimum Gasteiger partial charge on any atom is -0.381 e. The molecule has 1 nitrogen and oxygen atoms in total. The van der Waals surface area contributed by atoms with E-state index in [-0.39, 0.29) is 0 Å². The summed E-state index contributed by atoms with van der Waals surface area (Å²) in [5.41, 5.74) is 4.45. The lowest BCUT2D eigenvalue weighted by Gasteiger charge is -2.13. The van der Waals surface area contributed by atoms with Crippen molar-refractivity contribution in [2.45, 2.75) is 25.8 Å². The van der Waals surface area contributed by atoms with Gasteiger partial charge in [0.2, 0.25) is 0 Å². The molecular formula is C12H13NS. The predicted octanol–water partition coefficient (Wildman–Crippen LogP) is 3.00. The van der Waals surface area contributed by atoms with Crippen molar-refractivity contribution in [3.05, 3.63) is 45.3 Å². The summed E-state index contributed by atoms with van der Waals surface area (Å²) in [7, 11) is 0. The third-order valence-corrected chi connectivity index (χ3v) is 3.92. The lowest BCUT2D eigenvalue weighted by Crippen LogP contribution is -2.12. The zero-order valence-corrected chi connectivity index (χ0v) is 8.86. The Balaban J connectivity index is 2.00. The zero-order valence-electron chi connectivity index (χ0n) is 8.05. The van der Waals surface area contributed by atoms with Crippen molar-refractivity contribution in [1.29, 1.82) is 0 Å². The Morgan fingerprint density at radius 3 is 3.36 bits per heavy atom. The number of nitrogens with one attached hydrogen (secondary N) is 1. The molecule has 0 saturated heterocycles. The number of rotatable bonds is 0. The Kier molecular flexibility index (Phi) is 1.95. The molecule has 0 spiro atoms. The van der Waals surface area contributed by atoms with Gasteiger partial charge in [0.15, 0.2) is 0 Å². The summed E-state index contributed by atoms with van der Waals surface area (Å²) >= 11 is 1.90. The van der Waals surface area contributed by atoms with Crippen LogP contribution in [0.5, 0.6) is 0 Å². The number of thiophene rings is 1. The van der Waals surface area contributed by atoms with Crippen LogP contribution in [-0.4, -0.2) is 0 Å². The van der Waals surface area contributed by atoms with Gasteiger partial charge < -0.3 is 5.32 Å². The summed E-state index contributed by atoms with van der Waals surface area (Å²) in [6.45, 7) is 1.00. The number of allylic oxidation sites excluding steroid dienone is 3. The van der Waals surface area contributed by atoms with E-state index in [4.69, 9.17) is 0 Å². The van der Waals surface area contributed by atoms with Gasteiger partial charge in [-0.15, -0.1) is 11.3 Å². The van der Waals surface area contributed by atoms with Crippen molar-refractivity contribution in [2.24, 2.45) is 0 Å². The molecule has 0 saturated carbocycles. The van der Waals surface area contributed by atoms with Crippen LogP contribution in [0.2, 0.25) is 0 Å². The van der Waals surface area contributed by atoms with Crippen LogP contribution >= 0.6 is 11.3 Å². The van der Waals surface area contributed by atoms with Gasteiger partial charge in [0.25, 0.3) is 0 Å². The Labute approximate surface area is 88.2 Å². The number of fused-ring (bicyclic) bond motifs is 1. The van der Waals surface area contributed by atoms with Crippen molar-refractivity contribution < 1.29 is 0 Å². The molecule has 0 radical (unpaired) electrons. The largest absolute Gasteiger partial charge is 0.381 e. The normalized spacial score (nSPS) is 19.7. The summed E-state index contributed by atoms with van der Waals surface area (Å²) in [6, 6.07) is 2.25. The van der Waals surface area contributed by atoms with E-state index in [1.165, 1.54) is 30.5 Å². The Morgan fingerprint density at radius 1 is 1.36 bits per heavy atom. The van der Waals surface area contributed by atoms with Crippen LogP contribution in [0.25, 0.3) is 0 Å². The first-order valence-electron chi connectivity index (χ1n) is 5.11. The van der Waals surface area contributed by atoms with Crippen molar-refractivity contribution in [3.63, 3.8) is 0 Å². The van der Waals surface area contributed by atoms with Crippen LogP contribution in [0.4, 0.5) is 0 Å². The standard InChI is InChI=1S/C12H13NS/c1-2-4-11-9(3-1)7-12-10(8-13-11)5-6-14-12/h2,4-6,13H,1,3,7-8H2. The van der Waals surface area contributed by atoms with Crippen LogP contribution in [-0.2, 0) is 13.0 Å². The van der Waals surface area contributed by atoms with Crippen LogP contribution in [0.15, 0.2) is 34.9 Å². The lowest BCUT2D eigenvalue weighted by atomic mass is 9.99. The maximum Gasteiger partial charge on any atom is 0.0411 e. The maximum absolute atomic E-state index is 3.53. The zero-order chi connectivity index (χ0) is 9.38.